The molecule has 1 saturated heterocycles. The summed E-state index contributed by atoms with van der Waals surface area (Å²) in [7, 11) is -2.46. The molecular weight excluding hydrogens is 492 g/mol. The fourth-order valence-corrected chi connectivity index (χ4v) is 6.74. The molecule has 6 nitrogen and oxygen atoms in total. The van der Waals surface area contributed by atoms with E-state index < -0.39 is 15.9 Å². The number of amides is 1. The zero-order chi connectivity index (χ0) is 24.1. The monoisotopic (exact) mass is 516 g/mol. The molecule has 1 N–H and O–H groups in total. The van der Waals surface area contributed by atoms with E-state index >= 15 is 0 Å². The first-order valence-corrected chi connectivity index (χ1v) is 13.5. The van der Waals surface area contributed by atoms with Gasteiger partial charge in [-0.3, -0.25) is 4.79 Å². The lowest BCUT2D eigenvalue weighted by molar-refractivity contribution is -0.120. The van der Waals surface area contributed by atoms with Gasteiger partial charge in [-0.2, -0.15) is 4.31 Å². The van der Waals surface area contributed by atoms with Crippen LogP contribution in [-0.2, 0) is 14.8 Å². The van der Waals surface area contributed by atoms with Crippen molar-refractivity contribution in [2.24, 2.45) is 5.92 Å². The van der Waals surface area contributed by atoms with E-state index in [1.807, 2.05) is 54.6 Å². The normalized spacial score (nSPS) is 16.7. The standard InChI is InChI=1S/C25H25ClN2O4S2/c1-32-22-14-13-19(26)16-24(22)34(30,31)28-15-7-8-18(17-28)25(29)27-21-11-5-6-12-23(21)33-20-9-3-2-4-10-20/h2-6,9-14,16,18H,7-8,15,17H2,1H3,(H,27,29)/t18-/m1/s1. The third-order valence-corrected chi connectivity index (χ3v) is 8.82. The molecule has 1 aliphatic heterocycles. The van der Waals surface area contributed by atoms with E-state index in [9.17, 15) is 13.2 Å². The molecule has 0 radical (unpaired) electrons. The number of nitrogens with one attached hydrogen (secondary N) is 1. The lowest BCUT2D eigenvalue weighted by Gasteiger charge is -2.31. The van der Waals surface area contributed by atoms with Crippen LogP contribution in [-0.4, -0.2) is 38.8 Å². The van der Waals surface area contributed by atoms with Crippen LogP contribution in [0.15, 0.2) is 87.5 Å². The molecule has 1 aliphatic rings. The van der Waals surface area contributed by atoms with Crippen molar-refractivity contribution < 1.29 is 17.9 Å². The second-order valence-corrected chi connectivity index (χ2v) is 11.4. The molecule has 0 aromatic heterocycles. The molecule has 9 heteroatoms. The van der Waals surface area contributed by atoms with Crippen molar-refractivity contribution in [3.63, 3.8) is 0 Å². The maximum Gasteiger partial charge on any atom is 0.246 e. The van der Waals surface area contributed by atoms with Crippen LogP contribution in [0, 0.1) is 5.92 Å². The van der Waals surface area contributed by atoms with Gasteiger partial charge in [0.25, 0.3) is 0 Å². The number of carbonyl (C=O) groups excluding carboxylic acids is 1. The van der Waals surface area contributed by atoms with Gasteiger partial charge < -0.3 is 10.1 Å². The number of para-hydroxylation sites is 1. The molecule has 1 heterocycles. The Morgan fingerprint density at radius 2 is 1.82 bits per heavy atom. The molecule has 1 atom stereocenters. The molecule has 34 heavy (non-hydrogen) atoms. The van der Waals surface area contributed by atoms with Crippen LogP contribution in [0.4, 0.5) is 5.69 Å². The highest BCUT2D eigenvalue weighted by Gasteiger charge is 2.35. The summed E-state index contributed by atoms with van der Waals surface area (Å²) in [6.07, 6.45) is 1.19. The molecule has 0 aliphatic carbocycles. The van der Waals surface area contributed by atoms with Crippen LogP contribution >= 0.6 is 23.4 Å². The van der Waals surface area contributed by atoms with Gasteiger partial charge in [-0.1, -0.05) is 53.7 Å². The number of rotatable bonds is 7. The first-order valence-electron chi connectivity index (χ1n) is 10.8. The summed E-state index contributed by atoms with van der Waals surface area (Å²) in [5.41, 5.74) is 0.706. The summed E-state index contributed by atoms with van der Waals surface area (Å²) < 4.78 is 33.3. The Morgan fingerprint density at radius 1 is 1.09 bits per heavy atom. The Kier molecular flexibility index (Phi) is 7.83. The summed E-state index contributed by atoms with van der Waals surface area (Å²) in [4.78, 5) is 15.2. The molecule has 178 valence electrons. The molecule has 0 saturated carbocycles. The topological polar surface area (TPSA) is 75.7 Å². The summed E-state index contributed by atoms with van der Waals surface area (Å²) in [6, 6.07) is 22.0. The van der Waals surface area contributed by atoms with Gasteiger partial charge in [0.2, 0.25) is 15.9 Å². The Labute approximate surface area is 209 Å². The second-order valence-electron chi connectivity index (χ2n) is 7.90. The third-order valence-electron chi connectivity index (χ3n) is 5.61. The fourth-order valence-electron chi connectivity index (χ4n) is 3.88. The van der Waals surface area contributed by atoms with E-state index in [0.717, 1.165) is 9.79 Å². The van der Waals surface area contributed by atoms with E-state index in [1.54, 1.807) is 17.8 Å². The van der Waals surface area contributed by atoms with Crippen LogP contribution in [0.3, 0.4) is 0 Å². The minimum atomic E-state index is -3.88. The minimum Gasteiger partial charge on any atom is -0.495 e. The zero-order valence-electron chi connectivity index (χ0n) is 18.6. The van der Waals surface area contributed by atoms with Crippen molar-refractivity contribution in [2.75, 3.05) is 25.5 Å². The Bertz CT molecular complexity index is 1270. The summed E-state index contributed by atoms with van der Waals surface area (Å²) in [5, 5.41) is 3.32. The van der Waals surface area contributed by atoms with Crippen molar-refractivity contribution in [3.05, 3.63) is 77.8 Å². The van der Waals surface area contributed by atoms with Crippen LogP contribution in [0.5, 0.6) is 5.75 Å². The van der Waals surface area contributed by atoms with Gasteiger partial charge in [0.05, 0.1) is 18.7 Å². The third kappa shape index (κ3) is 5.58. The maximum atomic E-state index is 13.4. The largest absolute Gasteiger partial charge is 0.495 e. The van der Waals surface area contributed by atoms with Crippen molar-refractivity contribution in [3.8, 4) is 5.75 Å². The number of carbonyl (C=O) groups is 1. The van der Waals surface area contributed by atoms with Gasteiger partial charge in [0.15, 0.2) is 0 Å². The fraction of sp³-hybridized carbons (Fsp3) is 0.240. The number of hydrogen-bond donors (Lipinski definition) is 1. The van der Waals surface area contributed by atoms with Crippen LogP contribution < -0.4 is 10.1 Å². The maximum absolute atomic E-state index is 13.4. The Balaban J connectivity index is 1.50. The number of halogens is 1. The number of piperidine rings is 1. The van der Waals surface area contributed by atoms with E-state index in [1.165, 1.54) is 23.5 Å². The molecular formula is C25H25ClN2O4S2. The van der Waals surface area contributed by atoms with Crippen molar-refractivity contribution in [1.82, 2.24) is 4.31 Å². The molecule has 1 fully saturated rings. The Morgan fingerprint density at radius 3 is 2.59 bits per heavy atom. The predicted molar refractivity (Wildman–Crippen MR) is 135 cm³/mol. The minimum absolute atomic E-state index is 0.00756. The summed E-state index contributed by atoms with van der Waals surface area (Å²) >= 11 is 7.62. The summed E-state index contributed by atoms with van der Waals surface area (Å²) in [6.45, 7) is 0.431. The number of ether oxygens (including phenoxy) is 1. The summed E-state index contributed by atoms with van der Waals surface area (Å²) in [5.74, 6) is -0.439. The second kappa shape index (κ2) is 10.8. The number of methoxy groups -OCH3 is 1. The van der Waals surface area contributed by atoms with Crippen molar-refractivity contribution in [1.29, 1.82) is 0 Å². The lowest BCUT2D eigenvalue weighted by Crippen LogP contribution is -2.43. The molecule has 3 aromatic rings. The smallest absolute Gasteiger partial charge is 0.246 e. The number of anilines is 1. The number of hydrogen-bond acceptors (Lipinski definition) is 5. The van der Waals surface area contributed by atoms with E-state index in [0.29, 0.717) is 30.1 Å². The van der Waals surface area contributed by atoms with E-state index in [-0.39, 0.29) is 23.1 Å². The molecule has 4 rings (SSSR count). The highest BCUT2D eigenvalue weighted by Crippen LogP contribution is 2.35. The molecule has 1 amide bonds. The van der Waals surface area contributed by atoms with E-state index in [2.05, 4.69) is 5.32 Å². The highest BCUT2D eigenvalue weighted by molar-refractivity contribution is 7.99. The van der Waals surface area contributed by atoms with Gasteiger partial charge in [-0.25, -0.2) is 8.42 Å². The molecule has 0 bridgehead atoms. The molecule has 0 unspecified atom stereocenters. The lowest BCUT2D eigenvalue weighted by atomic mass is 9.99. The van der Waals surface area contributed by atoms with Gasteiger partial charge in [0, 0.05) is 27.9 Å². The zero-order valence-corrected chi connectivity index (χ0v) is 21.0. The molecule has 0 spiro atoms. The Hall–Kier alpha value is -2.52. The van der Waals surface area contributed by atoms with Gasteiger partial charge in [-0.05, 0) is 55.3 Å². The number of nitrogens with zero attached hydrogens (tertiary/aromatic N) is 1. The van der Waals surface area contributed by atoms with Gasteiger partial charge in [-0.15, -0.1) is 0 Å². The highest BCUT2D eigenvalue weighted by atomic mass is 35.5. The first kappa shape index (κ1) is 24.6. The van der Waals surface area contributed by atoms with Crippen LogP contribution in [0.2, 0.25) is 5.02 Å². The van der Waals surface area contributed by atoms with Gasteiger partial charge >= 0.3 is 0 Å². The van der Waals surface area contributed by atoms with Crippen LogP contribution in [0.1, 0.15) is 12.8 Å². The number of benzene rings is 3. The van der Waals surface area contributed by atoms with Gasteiger partial charge in [0.1, 0.15) is 10.6 Å². The number of sulfonamides is 1. The predicted octanol–water partition coefficient (Wildman–Crippen LogP) is 5.54. The van der Waals surface area contributed by atoms with Crippen molar-refractivity contribution >= 4 is 45.0 Å². The first-order chi connectivity index (χ1) is 16.4. The van der Waals surface area contributed by atoms with Crippen molar-refractivity contribution in [2.45, 2.75) is 27.5 Å². The SMILES string of the molecule is COc1ccc(Cl)cc1S(=O)(=O)N1CCC[C@@H](C(=O)Nc2ccccc2Sc2ccccc2)C1. The molecule has 3 aromatic carbocycles. The average molecular weight is 517 g/mol. The van der Waals surface area contributed by atoms with E-state index in [4.69, 9.17) is 16.3 Å². The average Bonchev–Trinajstić information content (AvgIpc) is 2.86. The van der Waals surface area contributed by atoms with Crippen LogP contribution in [0.25, 0.3) is 0 Å². The quantitative estimate of drug-likeness (QED) is 0.446.